The third-order valence-corrected chi connectivity index (χ3v) is 4.61. The summed E-state index contributed by atoms with van der Waals surface area (Å²) in [7, 11) is 1.64. The molecule has 2 atom stereocenters. The van der Waals surface area contributed by atoms with E-state index in [0.29, 0.717) is 19.8 Å². The molecule has 0 spiro atoms. The summed E-state index contributed by atoms with van der Waals surface area (Å²) in [5.41, 5.74) is 0.803. The topological polar surface area (TPSA) is 57.2 Å². The van der Waals surface area contributed by atoms with Crippen molar-refractivity contribution in [2.75, 3.05) is 26.9 Å². The minimum Gasteiger partial charge on any atom is -0.497 e. The molecule has 148 valence electrons. The van der Waals surface area contributed by atoms with E-state index in [9.17, 15) is 4.79 Å². The van der Waals surface area contributed by atoms with Gasteiger partial charge < -0.3 is 18.9 Å². The van der Waals surface area contributed by atoms with Gasteiger partial charge in [0.05, 0.1) is 39.0 Å². The third-order valence-electron chi connectivity index (χ3n) is 4.61. The molecular formula is C21H29NO5. The fourth-order valence-corrected chi connectivity index (χ4v) is 3.46. The van der Waals surface area contributed by atoms with E-state index in [1.165, 1.54) is 5.57 Å². The standard InChI is InChI=1S/C21H29NO5/c1-21(2,3)27-20(23)22-16-10-15(11-17(22)14-25-13-16)8-9-26-19-7-5-6-18(12-19)24-4/h5-7,10,12,16-17H,8-9,11,13-14H2,1-4H3. The van der Waals surface area contributed by atoms with Crippen LogP contribution in [0.15, 0.2) is 35.9 Å². The summed E-state index contributed by atoms with van der Waals surface area (Å²) in [4.78, 5) is 14.4. The van der Waals surface area contributed by atoms with E-state index in [-0.39, 0.29) is 18.2 Å². The van der Waals surface area contributed by atoms with Crippen LogP contribution in [0.25, 0.3) is 0 Å². The first-order chi connectivity index (χ1) is 12.9. The van der Waals surface area contributed by atoms with Crippen LogP contribution in [-0.2, 0) is 9.47 Å². The van der Waals surface area contributed by atoms with Gasteiger partial charge in [0.1, 0.15) is 17.1 Å². The Bertz CT molecular complexity index is 694. The van der Waals surface area contributed by atoms with Gasteiger partial charge in [-0.15, -0.1) is 0 Å². The van der Waals surface area contributed by atoms with Gasteiger partial charge in [0.2, 0.25) is 0 Å². The Morgan fingerprint density at radius 2 is 2.04 bits per heavy atom. The van der Waals surface area contributed by atoms with Crippen molar-refractivity contribution >= 4 is 6.09 Å². The number of hydrogen-bond donors (Lipinski definition) is 0. The van der Waals surface area contributed by atoms with Crippen LogP contribution >= 0.6 is 0 Å². The molecule has 0 saturated carbocycles. The molecule has 27 heavy (non-hydrogen) atoms. The summed E-state index contributed by atoms with van der Waals surface area (Å²) in [6.45, 7) is 7.31. The van der Waals surface area contributed by atoms with Crippen molar-refractivity contribution in [1.82, 2.24) is 4.90 Å². The Labute approximate surface area is 161 Å². The highest BCUT2D eigenvalue weighted by Crippen LogP contribution is 2.30. The second kappa shape index (κ2) is 8.21. The highest BCUT2D eigenvalue weighted by atomic mass is 16.6. The van der Waals surface area contributed by atoms with E-state index in [2.05, 4.69) is 6.08 Å². The van der Waals surface area contributed by atoms with Gasteiger partial charge >= 0.3 is 6.09 Å². The smallest absolute Gasteiger partial charge is 0.411 e. The van der Waals surface area contributed by atoms with Crippen molar-refractivity contribution in [3.8, 4) is 11.5 Å². The Hall–Kier alpha value is -2.21. The van der Waals surface area contributed by atoms with Gasteiger partial charge in [0.15, 0.2) is 0 Å². The lowest BCUT2D eigenvalue weighted by atomic mass is 9.93. The molecule has 0 aromatic heterocycles. The van der Waals surface area contributed by atoms with Gasteiger partial charge in [-0.2, -0.15) is 0 Å². The Balaban J connectivity index is 1.59. The van der Waals surface area contributed by atoms with Crippen molar-refractivity contribution in [2.24, 2.45) is 0 Å². The first kappa shape index (κ1) is 19.5. The lowest BCUT2D eigenvalue weighted by Gasteiger charge is -2.44. The van der Waals surface area contributed by atoms with E-state index in [1.54, 1.807) is 7.11 Å². The van der Waals surface area contributed by atoms with E-state index >= 15 is 0 Å². The molecule has 2 aliphatic heterocycles. The van der Waals surface area contributed by atoms with Crippen LogP contribution in [0.1, 0.15) is 33.6 Å². The largest absolute Gasteiger partial charge is 0.497 e. The molecule has 2 unspecified atom stereocenters. The quantitative estimate of drug-likeness (QED) is 0.733. The van der Waals surface area contributed by atoms with E-state index in [1.807, 2.05) is 49.9 Å². The van der Waals surface area contributed by atoms with E-state index < -0.39 is 5.60 Å². The number of carbonyl (C=O) groups excluding carboxylic acids is 1. The molecule has 2 heterocycles. The van der Waals surface area contributed by atoms with Crippen LogP contribution < -0.4 is 9.47 Å². The minimum atomic E-state index is -0.499. The molecule has 0 aliphatic carbocycles. The number of carbonyl (C=O) groups is 1. The number of benzene rings is 1. The van der Waals surface area contributed by atoms with Gasteiger partial charge in [-0.1, -0.05) is 17.7 Å². The number of morpholine rings is 1. The summed E-state index contributed by atoms with van der Waals surface area (Å²) in [6, 6.07) is 7.55. The summed E-state index contributed by atoms with van der Waals surface area (Å²) in [5.74, 6) is 1.58. The van der Waals surface area contributed by atoms with Crippen molar-refractivity contribution in [3.63, 3.8) is 0 Å². The predicted octanol–water partition coefficient (Wildman–Crippen LogP) is 3.80. The molecular weight excluding hydrogens is 346 g/mol. The van der Waals surface area contributed by atoms with Crippen molar-refractivity contribution in [1.29, 1.82) is 0 Å². The number of nitrogens with zero attached hydrogens (tertiary/aromatic N) is 1. The highest BCUT2D eigenvalue weighted by Gasteiger charge is 2.39. The molecule has 1 aromatic carbocycles. The fraction of sp³-hybridized carbons (Fsp3) is 0.571. The molecule has 6 nitrogen and oxygen atoms in total. The van der Waals surface area contributed by atoms with Crippen LogP contribution in [0.3, 0.4) is 0 Å². The lowest BCUT2D eigenvalue weighted by Crippen LogP contribution is -2.57. The number of amides is 1. The zero-order valence-corrected chi connectivity index (χ0v) is 16.6. The average Bonchev–Trinajstić information content (AvgIpc) is 2.59. The maximum atomic E-state index is 12.6. The molecule has 2 aliphatic rings. The van der Waals surface area contributed by atoms with Crippen LogP contribution in [-0.4, -0.2) is 55.6 Å². The maximum absolute atomic E-state index is 12.6. The Morgan fingerprint density at radius 1 is 1.26 bits per heavy atom. The normalized spacial score (nSPS) is 22.1. The zero-order chi connectivity index (χ0) is 19.4. The molecule has 1 aromatic rings. The first-order valence-electron chi connectivity index (χ1n) is 9.41. The third kappa shape index (κ3) is 5.16. The van der Waals surface area contributed by atoms with Crippen LogP contribution in [0.5, 0.6) is 11.5 Å². The summed E-state index contributed by atoms with van der Waals surface area (Å²) < 4.78 is 22.3. The number of ether oxygens (including phenoxy) is 4. The molecule has 1 saturated heterocycles. The maximum Gasteiger partial charge on any atom is 0.411 e. The van der Waals surface area contributed by atoms with Crippen molar-refractivity contribution < 1.29 is 23.7 Å². The first-order valence-corrected chi connectivity index (χ1v) is 9.41. The molecule has 6 heteroatoms. The average molecular weight is 375 g/mol. The SMILES string of the molecule is COc1cccc(OCCC2=CC3COCC(C2)N3C(=O)OC(C)(C)C)c1. The molecule has 2 bridgehead atoms. The van der Waals surface area contributed by atoms with Gasteiger partial charge in [0.25, 0.3) is 0 Å². The van der Waals surface area contributed by atoms with Crippen molar-refractivity contribution in [3.05, 3.63) is 35.9 Å². The Morgan fingerprint density at radius 3 is 2.74 bits per heavy atom. The summed E-state index contributed by atoms with van der Waals surface area (Å²) >= 11 is 0. The minimum absolute atomic E-state index is 0.0235. The number of hydrogen-bond acceptors (Lipinski definition) is 5. The van der Waals surface area contributed by atoms with Crippen molar-refractivity contribution in [2.45, 2.75) is 51.3 Å². The zero-order valence-electron chi connectivity index (χ0n) is 16.6. The van der Waals surface area contributed by atoms with E-state index in [4.69, 9.17) is 18.9 Å². The van der Waals surface area contributed by atoms with Gasteiger partial charge in [-0.25, -0.2) is 4.79 Å². The van der Waals surface area contributed by atoms with Gasteiger partial charge in [0, 0.05) is 12.5 Å². The summed E-state index contributed by atoms with van der Waals surface area (Å²) in [6.07, 6.45) is 3.49. The molecule has 1 amide bonds. The summed E-state index contributed by atoms with van der Waals surface area (Å²) in [5, 5.41) is 0. The van der Waals surface area contributed by atoms with Crippen LogP contribution in [0, 0.1) is 0 Å². The second-order valence-electron chi connectivity index (χ2n) is 7.95. The number of fused-ring (bicyclic) bond motifs is 2. The molecule has 1 fully saturated rings. The van der Waals surface area contributed by atoms with Gasteiger partial charge in [-0.05, 0) is 39.3 Å². The number of rotatable bonds is 5. The molecule has 3 rings (SSSR count). The Kier molecular flexibility index (Phi) is 5.95. The number of methoxy groups -OCH3 is 1. The van der Waals surface area contributed by atoms with Gasteiger partial charge in [-0.3, -0.25) is 4.90 Å². The van der Waals surface area contributed by atoms with E-state index in [0.717, 1.165) is 24.3 Å². The fourth-order valence-electron chi connectivity index (χ4n) is 3.46. The van der Waals surface area contributed by atoms with Crippen LogP contribution in [0.2, 0.25) is 0 Å². The molecule has 0 radical (unpaired) electrons. The monoisotopic (exact) mass is 375 g/mol. The predicted molar refractivity (Wildman–Crippen MR) is 102 cm³/mol. The van der Waals surface area contributed by atoms with Crippen LogP contribution in [0.4, 0.5) is 4.79 Å². The lowest BCUT2D eigenvalue weighted by molar-refractivity contribution is -0.0538. The highest BCUT2D eigenvalue weighted by molar-refractivity contribution is 5.70. The molecule has 0 N–H and O–H groups in total. The second-order valence-corrected chi connectivity index (χ2v) is 7.95.